The van der Waals surface area contributed by atoms with Gasteiger partial charge in [-0.05, 0) is 56.5 Å². The second-order valence-corrected chi connectivity index (χ2v) is 7.83. The average molecular weight is 389 g/mol. The van der Waals surface area contributed by atoms with Gasteiger partial charge in [0.15, 0.2) is 0 Å². The van der Waals surface area contributed by atoms with Gasteiger partial charge < -0.3 is 9.64 Å². The number of piperidine rings is 1. The number of aryl methyl sites for hydroxylation is 2. The highest BCUT2D eigenvalue weighted by Gasteiger charge is 2.26. The third-order valence-electron chi connectivity index (χ3n) is 5.81. The van der Waals surface area contributed by atoms with Gasteiger partial charge in [0, 0.05) is 35.8 Å². The number of carbonyl (C=O) groups is 1. The molecule has 150 valence electrons. The summed E-state index contributed by atoms with van der Waals surface area (Å²) < 4.78 is 5.31. The van der Waals surface area contributed by atoms with Crippen molar-refractivity contribution in [3.05, 3.63) is 70.9 Å². The van der Waals surface area contributed by atoms with E-state index in [2.05, 4.69) is 22.3 Å². The molecule has 1 aliphatic heterocycles. The van der Waals surface area contributed by atoms with E-state index < -0.39 is 0 Å². The molecule has 1 amide bonds. The lowest BCUT2D eigenvalue weighted by molar-refractivity contribution is 0.0711. The number of aromatic nitrogens is 2. The molecule has 4 rings (SSSR count). The van der Waals surface area contributed by atoms with Crippen LogP contribution in [0.25, 0.3) is 11.3 Å². The smallest absolute Gasteiger partial charge is 0.254 e. The largest absolute Gasteiger partial charge is 0.497 e. The van der Waals surface area contributed by atoms with Gasteiger partial charge in [0.1, 0.15) is 5.75 Å². The fraction of sp³-hybridized carbons (Fsp3) is 0.333. The number of carbonyl (C=O) groups excluding carboxylic acids is 1. The van der Waals surface area contributed by atoms with E-state index in [1.165, 1.54) is 0 Å². The van der Waals surface area contributed by atoms with Crippen molar-refractivity contribution in [2.24, 2.45) is 0 Å². The SMILES string of the molecule is COc1cccc(-c2cc(C3CCN(C(=O)c4cc(C)ccc4C)CC3)[nH]n2)c1. The van der Waals surface area contributed by atoms with Crippen LogP contribution in [0.4, 0.5) is 0 Å². The summed E-state index contributed by atoms with van der Waals surface area (Å²) in [6.07, 6.45) is 1.88. The zero-order valence-electron chi connectivity index (χ0n) is 17.2. The van der Waals surface area contributed by atoms with Crippen molar-refractivity contribution in [2.45, 2.75) is 32.6 Å². The Morgan fingerprint density at radius 1 is 1.10 bits per heavy atom. The average Bonchev–Trinajstić information content (AvgIpc) is 3.25. The van der Waals surface area contributed by atoms with E-state index in [1.54, 1.807) is 7.11 Å². The van der Waals surface area contributed by atoms with Crippen LogP contribution in [0.1, 0.15) is 45.9 Å². The summed E-state index contributed by atoms with van der Waals surface area (Å²) in [5, 5.41) is 7.71. The van der Waals surface area contributed by atoms with E-state index in [0.29, 0.717) is 5.92 Å². The van der Waals surface area contributed by atoms with Crippen LogP contribution in [0.2, 0.25) is 0 Å². The maximum absolute atomic E-state index is 13.0. The van der Waals surface area contributed by atoms with Crippen LogP contribution in [0.15, 0.2) is 48.5 Å². The first kappa shape index (κ1) is 19.2. The number of aromatic amines is 1. The molecular formula is C24H27N3O2. The minimum atomic E-state index is 0.145. The minimum absolute atomic E-state index is 0.145. The van der Waals surface area contributed by atoms with Gasteiger partial charge >= 0.3 is 0 Å². The Balaban J connectivity index is 1.43. The molecule has 1 fully saturated rings. The Morgan fingerprint density at radius 2 is 1.90 bits per heavy atom. The molecule has 0 unspecified atom stereocenters. The molecule has 0 bridgehead atoms. The van der Waals surface area contributed by atoms with Gasteiger partial charge in [-0.2, -0.15) is 5.10 Å². The zero-order chi connectivity index (χ0) is 20.4. The monoisotopic (exact) mass is 389 g/mol. The molecule has 5 nitrogen and oxygen atoms in total. The Kier molecular flexibility index (Phi) is 5.38. The lowest BCUT2D eigenvalue weighted by Crippen LogP contribution is -2.38. The molecule has 0 saturated carbocycles. The number of ether oxygens (including phenoxy) is 1. The summed E-state index contributed by atoms with van der Waals surface area (Å²) in [6.45, 7) is 5.57. The topological polar surface area (TPSA) is 58.2 Å². The number of hydrogen-bond donors (Lipinski definition) is 1. The van der Waals surface area contributed by atoms with E-state index in [0.717, 1.165) is 65.3 Å². The van der Waals surface area contributed by atoms with Crippen LogP contribution in [0.3, 0.4) is 0 Å². The molecule has 2 aromatic carbocycles. The van der Waals surface area contributed by atoms with Crippen molar-refractivity contribution < 1.29 is 9.53 Å². The predicted octanol–water partition coefficient (Wildman–Crippen LogP) is 4.72. The summed E-state index contributed by atoms with van der Waals surface area (Å²) in [5.41, 5.74) is 6.09. The van der Waals surface area contributed by atoms with Gasteiger partial charge in [-0.25, -0.2) is 0 Å². The lowest BCUT2D eigenvalue weighted by Gasteiger charge is -2.32. The number of nitrogens with one attached hydrogen (secondary N) is 1. The predicted molar refractivity (Wildman–Crippen MR) is 114 cm³/mol. The molecule has 29 heavy (non-hydrogen) atoms. The number of nitrogens with zero attached hydrogens (tertiary/aromatic N) is 2. The van der Waals surface area contributed by atoms with Gasteiger partial charge in [-0.1, -0.05) is 29.8 Å². The molecule has 0 spiro atoms. The summed E-state index contributed by atoms with van der Waals surface area (Å²) in [7, 11) is 1.67. The number of benzene rings is 2. The van der Waals surface area contributed by atoms with Crippen molar-refractivity contribution in [2.75, 3.05) is 20.2 Å². The van der Waals surface area contributed by atoms with E-state index in [4.69, 9.17) is 4.74 Å². The van der Waals surface area contributed by atoms with E-state index in [-0.39, 0.29) is 5.91 Å². The van der Waals surface area contributed by atoms with Crippen LogP contribution < -0.4 is 4.74 Å². The second kappa shape index (κ2) is 8.11. The van der Waals surface area contributed by atoms with Crippen LogP contribution in [-0.2, 0) is 0 Å². The molecule has 0 radical (unpaired) electrons. The van der Waals surface area contributed by atoms with Crippen molar-refractivity contribution in [1.82, 2.24) is 15.1 Å². The van der Waals surface area contributed by atoms with E-state index in [1.807, 2.05) is 55.1 Å². The van der Waals surface area contributed by atoms with Crippen molar-refractivity contribution >= 4 is 5.91 Å². The van der Waals surface area contributed by atoms with Gasteiger partial charge in [0.05, 0.1) is 12.8 Å². The first-order chi connectivity index (χ1) is 14.0. The fourth-order valence-corrected chi connectivity index (χ4v) is 4.01. The molecule has 5 heteroatoms. The molecule has 0 atom stereocenters. The molecule has 0 aliphatic carbocycles. The molecule has 1 N–H and O–H groups in total. The highest BCUT2D eigenvalue weighted by molar-refractivity contribution is 5.95. The second-order valence-electron chi connectivity index (χ2n) is 7.83. The van der Waals surface area contributed by atoms with E-state index in [9.17, 15) is 4.79 Å². The maximum atomic E-state index is 13.0. The number of H-pyrrole nitrogens is 1. The Labute approximate surface area is 171 Å². The van der Waals surface area contributed by atoms with Crippen LogP contribution in [0, 0.1) is 13.8 Å². The van der Waals surface area contributed by atoms with Crippen molar-refractivity contribution in [3.8, 4) is 17.0 Å². The standard InChI is InChI=1S/C24H27N3O2/c1-16-7-8-17(2)21(13-16)24(28)27-11-9-18(10-12-27)22-15-23(26-25-22)19-5-4-6-20(14-19)29-3/h4-8,13-15,18H,9-12H2,1-3H3,(H,25,26). The lowest BCUT2D eigenvalue weighted by atomic mass is 9.92. The summed E-state index contributed by atoms with van der Waals surface area (Å²) in [6, 6.07) is 16.1. The number of amides is 1. The molecule has 1 aromatic heterocycles. The third kappa shape index (κ3) is 4.04. The Bertz CT molecular complexity index is 1020. The van der Waals surface area contributed by atoms with E-state index >= 15 is 0 Å². The maximum Gasteiger partial charge on any atom is 0.254 e. The summed E-state index contributed by atoms with van der Waals surface area (Å²) in [4.78, 5) is 14.9. The number of rotatable bonds is 4. The number of likely N-dealkylation sites (tertiary alicyclic amines) is 1. The van der Waals surface area contributed by atoms with Crippen LogP contribution >= 0.6 is 0 Å². The van der Waals surface area contributed by atoms with Gasteiger partial charge in [0.2, 0.25) is 0 Å². The molecule has 1 aliphatic rings. The fourth-order valence-electron chi connectivity index (χ4n) is 4.01. The molecule has 3 aromatic rings. The first-order valence-electron chi connectivity index (χ1n) is 10.1. The summed E-state index contributed by atoms with van der Waals surface area (Å²) >= 11 is 0. The zero-order valence-corrected chi connectivity index (χ0v) is 17.2. The minimum Gasteiger partial charge on any atom is -0.497 e. The van der Waals surface area contributed by atoms with Crippen molar-refractivity contribution in [3.63, 3.8) is 0 Å². The highest BCUT2D eigenvalue weighted by atomic mass is 16.5. The molecular weight excluding hydrogens is 362 g/mol. The first-order valence-corrected chi connectivity index (χ1v) is 10.1. The van der Waals surface area contributed by atoms with Crippen molar-refractivity contribution in [1.29, 1.82) is 0 Å². The third-order valence-corrected chi connectivity index (χ3v) is 5.81. The van der Waals surface area contributed by atoms with Gasteiger partial charge in [-0.3, -0.25) is 9.89 Å². The number of methoxy groups -OCH3 is 1. The molecule has 1 saturated heterocycles. The van der Waals surface area contributed by atoms with Crippen LogP contribution in [-0.4, -0.2) is 41.2 Å². The summed E-state index contributed by atoms with van der Waals surface area (Å²) in [5.74, 6) is 1.36. The number of hydrogen-bond acceptors (Lipinski definition) is 3. The Hall–Kier alpha value is -3.08. The molecule has 2 heterocycles. The van der Waals surface area contributed by atoms with Crippen LogP contribution in [0.5, 0.6) is 5.75 Å². The Morgan fingerprint density at radius 3 is 2.66 bits per heavy atom. The quantitative estimate of drug-likeness (QED) is 0.702. The highest BCUT2D eigenvalue weighted by Crippen LogP contribution is 2.31. The normalized spacial score (nSPS) is 14.8. The van der Waals surface area contributed by atoms with Gasteiger partial charge in [-0.15, -0.1) is 0 Å². The van der Waals surface area contributed by atoms with Gasteiger partial charge in [0.25, 0.3) is 5.91 Å².